The molecule has 0 radical (unpaired) electrons. The molecular weight excluding hydrogens is 326 g/mol. The Hall–Kier alpha value is -3.39. The number of rotatable bonds is 6. The van der Waals surface area contributed by atoms with E-state index in [1.54, 1.807) is 6.07 Å². The third kappa shape index (κ3) is 3.98. The molecule has 5 nitrogen and oxygen atoms in total. The average molecular weight is 345 g/mol. The second-order valence-corrected chi connectivity index (χ2v) is 5.87. The van der Waals surface area contributed by atoms with Crippen LogP contribution >= 0.6 is 0 Å². The maximum absolute atomic E-state index is 12.4. The van der Waals surface area contributed by atoms with Gasteiger partial charge in [-0.05, 0) is 18.1 Å². The Morgan fingerprint density at radius 2 is 1.85 bits per heavy atom. The van der Waals surface area contributed by atoms with Crippen molar-refractivity contribution in [2.75, 3.05) is 0 Å². The van der Waals surface area contributed by atoms with Gasteiger partial charge in [0.25, 0.3) is 5.56 Å². The summed E-state index contributed by atoms with van der Waals surface area (Å²) < 4.78 is 5.83. The molecule has 0 unspecified atom stereocenters. The van der Waals surface area contributed by atoms with E-state index < -0.39 is 0 Å². The van der Waals surface area contributed by atoms with Crippen LogP contribution in [-0.4, -0.2) is 9.97 Å². The molecule has 0 saturated heterocycles. The van der Waals surface area contributed by atoms with Gasteiger partial charge in [-0.15, -0.1) is 0 Å². The van der Waals surface area contributed by atoms with Crippen molar-refractivity contribution < 1.29 is 4.74 Å². The molecule has 0 saturated carbocycles. The van der Waals surface area contributed by atoms with Gasteiger partial charge in [0.05, 0.1) is 17.2 Å². The van der Waals surface area contributed by atoms with Crippen LogP contribution in [0.5, 0.6) is 5.88 Å². The molecule has 3 aromatic rings. The van der Waals surface area contributed by atoms with Gasteiger partial charge in [0.1, 0.15) is 12.4 Å². The molecule has 0 aliphatic rings. The highest BCUT2D eigenvalue weighted by Crippen LogP contribution is 2.17. The van der Waals surface area contributed by atoms with E-state index >= 15 is 0 Å². The first-order valence-corrected chi connectivity index (χ1v) is 8.48. The molecular formula is C21H19N3O2. The van der Waals surface area contributed by atoms with E-state index in [1.165, 1.54) is 0 Å². The van der Waals surface area contributed by atoms with Crippen LogP contribution in [0.15, 0.2) is 59.4 Å². The zero-order chi connectivity index (χ0) is 18.4. The summed E-state index contributed by atoms with van der Waals surface area (Å²) in [6.07, 6.45) is 1.04. The minimum Gasteiger partial charge on any atom is -0.472 e. The van der Waals surface area contributed by atoms with E-state index in [4.69, 9.17) is 4.74 Å². The van der Waals surface area contributed by atoms with Crippen LogP contribution in [0.4, 0.5) is 0 Å². The molecule has 0 amide bonds. The SMILES string of the molecule is CCc1c(OCc2ccccc2C#N)nc(Cc2ccccc2)[nH]c1=O. The van der Waals surface area contributed by atoms with Gasteiger partial charge in [0, 0.05) is 12.0 Å². The summed E-state index contributed by atoms with van der Waals surface area (Å²) in [5.74, 6) is 0.886. The quantitative estimate of drug-likeness (QED) is 0.743. The highest BCUT2D eigenvalue weighted by molar-refractivity contribution is 5.37. The van der Waals surface area contributed by atoms with Gasteiger partial charge in [-0.3, -0.25) is 4.79 Å². The number of H-pyrrole nitrogens is 1. The molecule has 1 aromatic heterocycles. The van der Waals surface area contributed by atoms with Crippen LogP contribution < -0.4 is 10.3 Å². The molecule has 0 fully saturated rings. The van der Waals surface area contributed by atoms with Crippen LogP contribution in [0, 0.1) is 11.3 Å². The molecule has 0 spiro atoms. The molecule has 3 rings (SSSR count). The van der Waals surface area contributed by atoms with Crippen molar-refractivity contribution in [3.63, 3.8) is 0 Å². The topological polar surface area (TPSA) is 78.8 Å². The Morgan fingerprint density at radius 3 is 2.58 bits per heavy atom. The summed E-state index contributed by atoms with van der Waals surface area (Å²) >= 11 is 0. The summed E-state index contributed by atoms with van der Waals surface area (Å²) in [7, 11) is 0. The summed E-state index contributed by atoms with van der Waals surface area (Å²) in [5.41, 5.74) is 2.71. The van der Waals surface area contributed by atoms with E-state index in [1.807, 2.05) is 55.5 Å². The molecule has 0 aliphatic carbocycles. The molecule has 1 N–H and O–H groups in total. The van der Waals surface area contributed by atoms with Gasteiger partial charge in [0.2, 0.25) is 5.88 Å². The van der Waals surface area contributed by atoms with Crippen molar-refractivity contribution in [2.45, 2.75) is 26.4 Å². The molecule has 0 bridgehead atoms. The lowest BCUT2D eigenvalue weighted by molar-refractivity contribution is 0.288. The second-order valence-electron chi connectivity index (χ2n) is 5.87. The highest BCUT2D eigenvalue weighted by Gasteiger charge is 2.13. The van der Waals surface area contributed by atoms with Crippen molar-refractivity contribution in [1.29, 1.82) is 5.26 Å². The van der Waals surface area contributed by atoms with E-state index in [2.05, 4.69) is 16.0 Å². The first kappa shape index (κ1) is 17.4. The Balaban J connectivity index is 1.87. The van der Waals surface area contributed by atoms with Gasteiger partial charge in [-0.25, -0.2) is 0 Å². The maximum Gasteiger partial charge on any atom is 0.257 e. The number of hydrogen-bond donors (Lipinski definition) is 1. The Bertz CT molecular complexity index is 988. The number of nitriles is 1. The van der Waals surface area contributed by atoms with Crippen LogP contribution in [0.3, 0.4) is 0 Å². The number of nitrogens with zero attached hydrogens (tertiary/aromatic N) is 2. The van der Waals surface area contributed by atoms with Crippen molar-refractivity contribution in [3.8, 4) is 11.9 Å². The number of ether oxygens (including phenoxy) is 1. The van der Waals surface area contributed by atoms with E-state index in [0.29, 0.717) is 35.7 Å². The minimum absolute atomic E-state index is 0.183. The largest absolute Gasteiger partial charge is 0.472 e. The fraction of sp³-hybridized carbons (Fsp3) is 0.190. The van der Waals surface area contributed by atoms with Crippen molar-refractivity contribution in [3.05, 3.63) is 93.0 Å². The van der Waals surface area contributed by atoms with Gasteiger partial charge in [-0.1, -0.05) is 55.5 Å². The first-order chi connectivity index (χ1) is 12.7. The minimum atomic E-state index is -0.183. The second kappa shape index (κ2) is 8.13. The third-order valence-electron chi connectivity index (χ3n) is 4.10. The predicted molar refractivity (Wildman–Crippen MR) is 99.0 cm³/mol. The summed E-state index contributed by atoms with van der Waals surface area (Å²) in [5, 5.41) is 9.19. The number of nitrogens with one attached hydrogen (secondary N) is 1. The van der Waals surface area contributed by atoms with E-state index in [9.17, 15) is 10.1 Å². The molecule has 0 aliphatic heterocycles. The first-order valence-electron chi connectivity index (χ1n) is 8.48. The van der Waals surface area contributed by atoms with Crippen LogP contribution in [-0.2, 0) is 19.4 Å². The zero-order valence-electron chi connectivity index (χ0n) is 14.5. The smallest absolute Gasteiger partial charge is 0.257 e. The fourth-order valence-electron chi connectivity index (χ4n) is 2.73. The summed E-state index contributed by atoms with van der Waals surface area (Å²) in [6, 6.07) is 19.2. The lowest BCUT2D eigenvalue weighted by atomic mass is 10.1. The van der Waals surface area contributed by atoms with E-state index in [0.717, 1.165) is 11.1 Å². The molecule has 130 valence electrons. The summed E-state index contributed by atoms with van der Waals surface area (Å²) in [6.45, 7) is 2.08. The van der Waals surface area contributed by atoms with Gasteiger partial charge in [0.15, 0.2) is 0 Å². The molecule has 1 heterocycles. The van der Waals surface area contributed by atoms with Gasteiger partial charge < -0.3 is 9.72 Å². The molecule has 0 atom stereocenters. The zero-order valence-corrected chi connectivity index (χ0v) is 14.5. The van der Waals surface area contributed by atoms with Crippen molar-refractivity contribution >= 4 is 0 Å². The van der Waals surface area contributed by atoms with Crippen molar-refractivity contribution in [2.24, 2.45) is 0 Å². The maximum atomic E-state index is 12.4. The normalized spacial score (nSPS) is 10.3. The Morgan fingerprint density at radius 1 is 1.12 bits per heavy atom. The average Bonchev–Trinajstić information content (AvgIpc) is 2.67. The van der Waals surface area contributed by atoms with Crippen LogP contribution in [0.1, 0.15) is 35.0 Å². The van der Waals surface area contributed by atoms with Crippen LogP contribution in [0.2, 0.25) is 0 Å². The van der Waals surface area contributed by atoms with Gasteiger partial charge >= 0.3 is 0 Å². The lowest BCUT2D eigenvalue weighted by Gasteiger charge is -2.11. The molecule has 5 heteroatoms. The monoisotopic (exact) mass is 345 g/mol. The van der Waals surface area contributed by atoms with Crippen LogP contribution in [0.25, 0.3) is 0 Å². The number of benzene rings is 2. The summed E-state index contributed by atoms with van der Waals surface area (Å²) in [4.78, 5) is 19.7. The van der Waals surface area contributed by atoms with Gasteiger partial charge in [-0.2, -0.15) is 10.2 Å². The third-order valence-corrected chi connectivity index (χ3v) is 4.10. The predicted octanol–water partition coefficient (Wildman–Crippen LogP) is 3.37. The highest BCUT2D eigenvalue weighted by atomic mass is 16.5. The standard InChI is InChI=1S/C21H19N3O2/c1-2-18-20(25)23-19(12-15-8-4-3-5-9-15)24-21(18)26-14-17-11-7-6-10-16(17)13-22/h3-11H,2,12,14H2,1H3,(H,23,24,25). The lowest BCUT2D eigenvalue weighted by Crippen LogP contribution is -2.19. The van der Waals surface area contributed by atoms with E-state index in [-0.39, 0.29) is 12.2 Å². The number of hydrogen-bond acceptors (Lipinski definition) is 4. The van der Waals surface area contributed by atoms with Crippen molar-refractivity contribution in [1.82, 2.24) is 9.97 Å². The Kier molecular flexibility index (Phi) is 5.45. The fourth-order valence-corrected chi connectivity index (χ4v) is 2.73. The Labute approximate surface area is 151 Å². The molecule has 2 aromatic carbocycles. The number of aromatic amines is 1. The number of aromatic nitrogens is 2. The molecule has 26 heavy (non-hydrogen) atoms.